The molecule has 0 bridgehead atoms. The van der Waals surface area contributed by atoms with Crippen molar-refractivity contribution in [3.8, 4) is 22.8 Å². The van der Waals surface area contributed by atoms with Crippen molar-refractivity contribution in [2.75, 3.05) is 7.11 Å². The van der Waals surface area contributed by atoms with Gasteiger partial charge in [0.2, 0.25) is 0 Å². The molecule has 5 aromatic rings. The molecule has 37 heavy (non-hydrogen) atoms. The normalized spacial score (nSPS) is 11.1. The molecular weight excluding hydrogens is 532 g/mol. The molecule has 1 aromatic heterocycles. The second-order valence-corrected chi connectivity index (χ2v) is 9.12. The van der Waals surface area contributed by atoms with Gasteiger partial charge in [0, 0.05) is 21.0 Å². The van der Waals surface area contributed by atoms with Crippen molar-refractivity contribution >= 4 is 44.7 Å². The fourth-order valence-corrected chi connectivity index (χ4v) is 4.19. The Balaban J connectivity index is 1.44. The highest BCUT2D eigenvalue weighted by Crippen LogP contribution is 2.36. The number of methoxy groups -OCH3 is 1. The zero-order valence-electron chi connectivity index (χ0n) is 19.8. The molecule has 6 heteroatoms. The van der Waals surface area contributed by atoms with Crippen LogP contribution in [0.1, 0.15) is 26.3 Å². The molecule has 5 nitrogen and oxygen atoms in total. The van der Waals surface area contributed by atoms with Gasteiger partial charge in [-0.1, -0.05) is 64.5 Å². The van der Waals surface area contributed by atoms with E-state index in [9.17, 15) is 9.59 Å². The summed E-state index contributed by atoms with van der Waals surface area (Å²) in [6.07, 6.45) is 3.18. The van der Waals surface area contributed by atoms with Gasteiger partial charge in [-0.25, -0.2) is 4.79 Å². The predicted molar refractivity (Wildman–Crippen MR) is 147 cm³/mol. The first-order valence-corrected chi connectivity index (χ1v) is 12.3. The van der Waals surface area contributed by atoms with Crippen LogP contribution in [-0.2, 0) is 0 Å². The first kappa shape index (κ1) is 24.3. The number of allylic oxidation sites excluding steroid dienone is 1. The summed E-state index contributed by atoms with van der Waals surface area (Å²) in [5.41, 5.74) is 2.92. The highest BCUT2D eigenvalue weighted by atomic mass is 79.9. The lowest BCUT2D eigenvalue weighted by atomic mass is 10.1. The summed E-state index contributed by atoms with van der Waals surface area (Å²) < 4.78 is 18.1. The van der Waals surface area contributed by atoms with Crippen LogP contribution in [0.5, 0.6) is 11.5 Å². The average molecular weight is 553 g/mol. The molecule has 0 saturated heterocycles. The minimum absolute atomic E-state index is 0.124. The van der Waals surface area contributed by atoms with Gasteiger partial charge in [0.1, 0.15) is 28.4 Å². The number of furan rings is 1. The SMILES string of the molecule is COc1ccc2oc(-c3ccccc3)c(C(=O)Oc3cccc(/C=C/C(=O)c4ccc(Br)cc4)c3)c2c1. The molecular formula is C31H21BrO5. The quantitative estimate of drug-likeness (QED) is 0.0885. The maximum atomic E-state index is 13.5. The van der Waals surface area contributed by atoms with E-state index < -0.39 is 5.97 Å². The van der Waals surface area contributed by atoms with Crippen molar-refractivity contribution in [1.29, 1.82) is 0 Å². The van der Waals surface area contributed by atoms with Crippen molar-refractivity contribution in [1.82, 2.24) is 0 Å². The summed E-state index contributed by atoms with van der Waals surface area (Å²) in [6, 6.07) is 28.8. The van der Waals surface area contributed by atoms with Gasteiger partial charge in [0.15, 0.2) is 5.78 Å². The number of benzene rings is 4. The largest absolute Gasteiger partial charge is 0.497 e. The molecule has 4 aromatic carbocycles. The van der Waals surface area contributed by atoms with Gasteiger partial charge >= 0.3 is 5.97 Å². The number of halogens is 1. The lowest BCUT2D eigenvalue weighted by Gasteiger charge is -2.07. The van der Waals surface area contributed by atoms with Gasteiger partial charge in [-0.05, 0) is 66.2 Å². The van der Waals surface area contributed by atoms with Crippen LogP contribution in [0.15, 0.2) is 112 Å². The Morgan fingerprint density at radius 2 is 1.62 bits per heavy atom. The third kappa shape index (κ3) is 5.39. The van der Waals surface area contributed by atoms with Crippen LogP contribution in [0.3, 0.4) is 0 Å². The van der Waals surface area contributed by atoms with Crippen molar-refractivity contribution < 1.29 is 23.5 Å². The van der Waals surface area contributed by atoms with Crippen LogP contribution in [-0.4, -0.2) is 18.9 Å². The Bertz CT molecular complexity index is 1620. The molecule has 0 radical (unpaired) electrons. The molecule has 0 saturated carbocycles. The molecule has 0 aliphatic rings. The predicted octanol–water partition coefficient (Wildman–Crippen LogP) is 7.99. The zero-order valence-corrected chi connectivity index (χ0v) is 21.4. The molecule has 0 unspecified atom stereocenters. The molecule has 0 aliphatic heterocycles. The number of esters is 1. The van der Waals surface area contributed by atoms with E-state index in [-0.39, 0.29) is 5.78 Å². The van der Waals surface area contributed by atoms with Crippen molar-refractivity contribution in [3.63, 3.8) is 0 Å². The van der Waals surface area contributed by atoms with E-state index in [1.807, 2.05) is 48.5 Å². The molecule has 0 N–H and O–H groups in total. The highest BCUT2D eigenvalue weighted by molar-refractivity contribution is 9.10. The second kappa shape index (κ2) is 10.7. The van der Waals surface area contributed by atoms with E-state index >= 15 is 0 Å². The number of fused-ring (bicyclic) bond motifs is 1. The molecule has 0 spiro atoms. The standard InChI is InChI=1S/C31H21BrO5/c1-35-24-15-17-28-26(19-24)29(30(37-28)22-7-3-2-4-8-22)31(34)36-25-9-5-6-20(18-25)10-16-27(33)21-11-13-23(32)14-12-21/h2-19H,1H3/b16-10+. The van der Waals surface area contributed by atoms with Crippen LogP contribution in [0.25, 0.3) is 28.4 Å². The number of ketones is 1. The third-order valence-electron chi connectivity index (χ3n) is 5.76. The van der Waals surface area contributed by atoms with E-state index in [4.69, 9.17) is 13.9 Å². The van der Waals surface area contributed by atoms with Crippen LogP contribution >= 0.6 is 15.9 Å². The van der Waals surface area contributed by atoms with Crippen LogP contribution in [0, 0.1) is 0 Å². The van der Waals surface area contributed by atoms with E-state index in [0.717, 1.165) is 15.6 Å². The molecule has 5 rings (SSSR count). The highest BCUT2D eigenvalue weighted by Gasteiger charge is 2.24. The molecule has 182 valence electrons. The summed E-state index contributed by atoms with van der Waals surface area (Å²) in [4.78, 5) is 26.0. The van der Waals surface area contributed by atoms with Crippen LogP contribution < -0.4 is 9.47 Å². The second-order valence-electron chi connectivity index (χ2n) is 8.20. The fourth-order valence-electron chi connectivity index (χ4n) is 3.92. The van der Waals surface area contributed by atoms with E-state index in [2.05, 4.69) is 15.9 Å². The Kier molecular flexibility index (Phi) is 7.01. The first-order chi connectivity index (χ1) is 18.0. The Morgan fingerprint density at radius 3 is 2.38 bits per heavy atom. The fraction of sp³-hybridized carbons (Fsp3) is 0.0323. The number of hydrogen-bond donors (Lipinski definition) is 0. The van der Waals surface area contributed by atoms with Crippen LogP contribution in [0.4, 0.5) is 0 Å². The van der Waals surface area contributed by atoms with Gasteiger partial charge < -0.3 is 13.9 Å². The summed E-state index contributed by atoms with van der Waals surface area (Å²) in [5, 5.41) is 0.597. The lowest BCUT2D eigenvalue weighted by Crippen LogP contribution is -2.09. The van der Waals surface area contributed by atoms with Gasteiger partial charge in [-0.2, -0.15) is 0 Å². The van der Waals surface area contributed by atoms with Crippen molar-refractivity contribution in [2.45, 2.75) is 0 Å². The Morgan fingerprint density at radius 1 is 0.838 bits per heavy atom. The number of rotatable bonds is 7. The molecule has 0 fully saturated rings. The number of hydrogen-bond acceptors (Lipinski definition) is 5. The zero-order chi connectivity index (χ0) is 25.8. The van der Waals surface area contributed by atoms with Crippen molar-refractivity contribution in [3.05, 3.63) is 124 Å². The average Bonchev–Trinajstić information content (AvgIpc) is 3.32. The van der Waals surface area contributed by atoms with Crippen LogP contribution in [0.2, 0.25) is 0 Å². The maximum Gasteiger partial charge on any atom is 0.348 e. The monoisotopic (exact) mass is 552 g/mol. The molecule has 0 aliphatic carbocycles. The van der Waals surface area contributed by atoms with E-state index in [1.165, 1.54) is 6.08 Å². The molecule has 0 atom stereocenters. The maximum absolute atomic E-state index is 13.5. The minimum atomic E-state index is -0.557. The Labute approximate surface area is 222 Å². The van der Waals surface area contributed by atoms with Gasteiger partial charge in [0.05, 0.1) is 7.11 Å². The summed E-state index contributed by atoms with van der Waals surface area (Å²) in [7, 11) is 1.57. The topological polar surface area (TPSA) is 65.7 Å². The molecule has 1 heterocycles. The molecule has 0 amide bonds. The summed E-state index contributed by atoms with van der Waals surface area (Å²) in [5.74, 6) is 0.688. The lowest BCUT2D eigenvalue weighted by molar-refractivity contribution is 0.0736. The van der Waals surface area contributed by atoms with E-state index in [0.29, 0.717) is 39.4 Å². The summed E-state index contributed by atoms with van der Waals surface area (Å²) in [6.45, 7) is 0. The minimum Gasteiger partial charge on any atom is -0.497 e. The third-order valence-corrected chi connectivity index (χ3v) is 6.29. The smallest absolute Gasteiger partial charge is 0.348 e. The van der Waals surface area contributed by atoms with Gasteiger partial charge in [-0.3, -0.25) is 4.79 Å². The van der Waals surface area contributed by atoms with Gasteiger partial charge in [0.25, 0.3) is 0 Å². The van der Waals surface area contributed by atoms with Crippen molar-refractivity contribution in [2.24, 2.45) is 0 Å². The van der Waals surface area contributed by atoms with Gasteiger partial charge in [-0.15, -0.1) is 0 Å². The number of carbonyl (C=O) groups is 2. The summed E-state index contributed by atoms with van der Waals surface area (Å²) >= 11 is 3.37. The first-order valence-electron chi connectivity index (χ1n) is 11.5. The van der Waals surface area contributed by atoms with E-state index in [1.54, 1.807) is 61.7 Å². The number of carbonyl (C=O) groups excluding carboxylic acids is 2. The Hall–Kier alpha value is -4.42. The number of ether oxygens (including phenoxy) is 2.